The molecule has 0 aliphatic heterocycles. The van der Waals surface area contributed by atoms with Crippen molar-refractivity contribution < 1.29 is 8.91 Å². The van der Waals surface area contributed by atoms with Gasteiger partial charge in [0.1, 0.15) is 5.82 Å². The monoisotopic (exact) mass is 277 g/mol. The van der Waals surface area contributed by atoms with Crippen LogP contribution in [0.4, 0.5) is 4.39 Å². The van der Waals surface area contributed by atoms with Crippen LogP contribution in [0.15, 0.2) is 28.8 Å². The van der Waals surface area contributed by atoms with Crippen LogP contribution >= 0.6 is 0 Å². The quantitative estimate of drug-likeness (QED) is 0.881. The first-order valence-corrected chi connectivity index (χ1v) is 6.81. The largest absolute Gasteiger partial charge is 0.339 e. The van der Waals surface area contributed by atoms with Gasteiger partial charge in [-0.15, -0.1) is 0 Å². The topological polar surface area (TPSA) is 51.0 Å². The van der Waals surface area contributed by atoms with E-state index in [1.165, 1.54) is 12.1 Å². The van der Waals surface area contributed by atoms with Gasteiger partial charge in [-0.25, -0.2) is 4.39 Å². The average molecular weight is 277 g/mol. The van der Waals surface area contributed by atoms with Crippen LogP contribution in [0.25, 0.3) is 0 Å². The smallest absolute Gasteiger partial charge is 0.228 e. The van der Waals surface area contributed by atoms with Gasteiger partial charge >= 0.3 is 0 Å². The van der Waals surface area contributed by atoms with Crippen LogP contribution in [0.5, 0.6) is 0 Å². The van der Waals surface area contributed by atoms with E-state index in [0.29, 0.717) is 36.5 Å². The summed E-state index contributed by atoms with van der Waals surface area (Å²) >= 11 is 0. The summed E-state index contributed by atoms with van der Waals surface area (Å²) in [6, 6.07) is 6.74. The summed E-state index contributed by atoms with van der Waals surface area (Å²) in [4.78, 5) is 4.37. The molecular formula is C15H20FN3O. The summed E-state index contributed by atoms with van der Waals surface area (Å²) in [6.07, 6.45) is 1.18. The molecule has 0 bridgehead atoms. The molecule has 0 fully saturated rings. The zero-order valence-electron chi connectivity index (χ0n) is 12.1. The van der Waals surface area contributed by atoms with Crippen molar-refractivity contribution >= 4 is 0 Å². The summed E-state index contributed by atoms with van der Waals surface area (Å²) in [5.74, 6) is 1.44. The summed E-state index contributed by atoms with van der Waals surface area (Å²) in [5, 5.41) is 7.19. The normalized spacial score (nSPS) is 12.8. The summed E-state index contributed by atoms with van der Waals surface area (Å²) in [6.45, 7) is 4.29. The van der Waals surface area contributed by atoms with Crippen molar-refractivity contribution in [2.75, 3.05) is 7.05 Å². The van der Waals surface area contributed by atoms with Gasteiger partial charge in [0, 0.05) is 18.9 Å². The van der Waals surface area contributed by atoms with Crippen LogP contribution in [-0.2, 0) is 12.8 Å². The fourth-order valence-electron chi connectivity index (χ4n) is 2.13. The molecule has 0 amide bonds. The van der Waals surface area contributed by atoms with E-state index in [0.717, 1.165) is 5.56 Å². The minimum atomic E-state index is -0.249. The highest BCUT2D eigenvalue weighted by molar-refractivity contribution is 5.19. The van der Waals surface area contributed by atoms with Gasteiger partial charge in [0.15, 0.2) is 5.82 Å². The zero-order valence-corrected chi connectivity index (χ0v) is 12.1. The number of rotatable bonds is 6. The number of likely N-dealkylation sites (N-methyl/N-ethyl adjacent to an activating group) is 1. The van der Waals surface area contributed by atoms with Gasteiger partial charge in [-0.1, -0.05) is 31.1 Å². The molecule has 0 spiro atoms. The Balaban J connectivity index is 2.02. The summed E-state index contributed by atoms with van der Waals surface area (Å²) < 4.78 is 18.4. The van der Waals surface area contributed by atoms with E-state index >= 15 is 0 Å². The van der Waals surface area contributed by atoms with E-state index in [9.17, 15) is 4.39 Å². The number of hydrogen-bond acceptors (Lipinski definition) is 4. The molecule has 0 saturated carbocycles. The van der Waals surface area contributed by atoms with Crippen LogP contribution in [0.3, 0.4) is 0 Å². The molecule has 5 heteroatoms. The Bertz CT molecular complexity index is 554. The molecular weight excluding hydrogens is 257 g/mol. The Labute approximate surface area is 118 Å². The molecule has 0 aliphatic rings. The predicted octanol–water partition coefficient (Wildman–Crippen LogP) is 2.59. The number of halogens is 1. The van der Waals surface area contributed by atoms with Gasteiger partial charge in [-0.05, 0) is 30.7 Å². The van der Waals surface area contributed by atoms with E-state index in [2.05, 4.69) is 29.3 Å². The number of hydrogen-bond donors (Lipinski definition) is 1. The first-order chi connectivity index (χ1) is 9.58. The van der Waals surface area contributed by atoms with Gasteiger partial charge in [-0.2, -0.15) is 4.98 Å². The molecule has 108 valence electrons. The van der Waals surface area contributed by atoms with Crippen molar-refractivity contribution in [3.63, 3.8) is 0 Å². The van der Waals surface area contributed by atoms with Crippen molar-refractivity contribution in [2.24, 2.45) is 5.92 Å². The van der Waals surface area contributed by atoms with E-state index in [4.69, 9.17) is 4.52 Å². The second kappa shape index (κ2) is 6.61. The van der Waals surface area contributed by atoms with Crippen molar-refractivity contribution in [2.45, 2.75) is 32.7 Å². The molecule has 0 aliphatic carbocycles. The maximum atomic E-state index is 13.1. The van der Waals surface area contributed by atoms with E-state index in [-0.39, 0.29) is 5.82 Å². The first-order valence-electron chi connectivity index (χ1n) is 6.81. The van der Waals surface area contributed by atoms with Crippen molar-refractivity contribution in [1.82, 2.24) is 15.5 Å². The molecule has 1 aromatic carbocycles. The second-order valence-electron chi connectivity index (χ2n) is 5.25. The van der Waals surface area contributed by atoms with Crippen molar-refractivity contribution in [3.05, 3.63) is 47.4 Å². The van der Waals surface area contributed by atoms with Crippen molar-refractivity contribution in [3.8, 4) is 0 Å². The van der Waals surface area contributed by atoms with Gasteiger partial charge in [-0.3, -0.25) is 0 Å². The third kappa shape index (κ3) is 3.87. The third-order valence-electron chi connectivity index (χ3n) is 3.33. The average Bonchev–Trinajstić information content (AvgIpc) is 2.83. The van der Waals surface area contributed by atoms with Crippen LogP contribution in [0, 0.1) is 11.7 Å². The minimum absolute atomic E-state index is 0.249. The summed E-state index contributed by atoms with van der Waals surface area (Å²) in [7, 11) is 1.93. The molecule has 20 heavy (non-hydrogen) atoms. The molecule has 1 N–H and O–H groups in total. The van der Waals surface area contributed by atoms with E-state index in [1.807, 2.05) is 13.1 Å². The highest BCUT2D eigenvalue weighted by atomic mass is 19.1. The van der Waals surface area contributed by atoms with Crippen LogP contribution in [0.1, 0.15) is 31.1 Å². The van der Waals surface area contributed by atoms with Crippen LogP contribution in [-0.4, -0.2) is 23.2 Å². The zero-order chi connectivity index (χ0) is 14.5. The van der Waals surface area contributed by atoms with Gasteiger partial charge in [0.05, 0.1) is 0 Å². The first kappa shape index (κ1) is 14.7. The molecule has 1 atom stereocenters. The maximum absolute atomic E-state index is 13.1. The van der Waals surface area contributed by atoms with Crippen LogP contribution < -0.4 is 5.32 Å². The standard InChI is InChI=1S/C15H20FN3O/c1-10(2)13(17-3)9-15-18-14(19-20-15)8-11-5-4-6-12(16)7-11/h4-7,10,13,17H,8-9H2,1-3H3. The molecule has 0 radical (unpaired) electrons. The fraction of sp³-hybridized carbons (Fsp3) is 0.467. The second-order valence-corrected chi connectivity index (χ2v) is 5.25. The van der Waals surface area contributed by atoms with E-state index in [1.54, 1.807) is 6.07 Å². The number of aromatic nitrogens is 2. The minimum Gasteiger partial charge on any atom is -0.339 e. The highest BCUT2D eigenvalue weighted by Gasteiger charge is 2.16. The Morgan fingerprint density at radius 1 is 1.35 bits per heavy atom. The number of nitrogens with zero attached hydrogens (tertiary/aromatic N) is 2. The molecule has 2 rings (SSSR count). The SMILES string of the molecule is CNC(Cc1nc(Cc2cccc(F)c2)no1)C(C)C. The number of nitrogens with one attached hydrogen (secondary N) is 1. The highest BCUT2D eigenvalue weighted by Crippen LogP contribution is 2.11. The van der Waals surface area contributed by atoms with E-state index < -0.39 is 0 Å². The van der Waals surface area contributed by atoms with Crippen molar-refractivity contribution in [1.29, 1.82) is 0 Å². The summed E-state index contributed by atoms with van der Waals surface area (Å²) in [5.41, 5.74) is 0.839. The lowest BCUT2D eigenvalue weighted by molar-refractivity contribution is 0.333. The van der Waals surface area contributed by atoms with Gasteiger partial charge in [0.2, 0.25) is 5.89 Å². The predicted molar refractivity (Wildman–Crippen MR) is 74.9 cm³/mol. The lowest BCUT2D eigenvalue weighted by Gasteiger charge is -2.17. The molecule has 1 heterocycles. The Morgan fingerprint density at radius 2 is 2.15 bits per heavy atom. The Kier molecular flexibility index (Phi) is 4.84. The molecule has 1 unspecified atom stereocenters. The Hall–Kier alpha value is -1.75. The Morgan fingerprint density at radius 3 is 2.80 bits per heavy atom. The molecule has 0 saturated heterocycles. The van der Waals surface area contributed by atoms with Gasteiger partial charge in [0.25, 0.3) is 0 Å². The molecule has 2 aromatic rings. The number of benzene rings is 1. The molecule has 1 aromatic heterocycles. The van der Waals surface area contributed by atoms with Gasteiger partial charge < -0.3 is 9.84 Å². The fourth-order valence-corrected chi connectivity index (χ4v) is 2.13. The third-order valence-corrected chi connectivity index (χ3v) is 3.33. The molecule has 4 nitrogen and oxygen atoms in total. The van der Waals surface area contributed by atoms with Crippen LogP contribution in [0.2, 0.25) is 0 Å². The maximum Gasteiger partial charge on any atom is 0.228 e. The lowest BCUT2D eigenvalue weighted by atomic mass is 10.0. The lowest BCUT2D eigenvalue weighted by Crippen LogP contribution is -2.32.